The zero-order valence-corrected chi connectivity index (χ0v) is 30.6. The van der Waals surface area contributed by atoms with Crippen LogP contribution in [0.4, 0.5) is 0 Å². The maximum Gasteiger partial charge on any atom is 0.338 e. The van der Waals surface area contributed by atoms with E-state index in [9.17, 15) is 14.4 Å². The molecule has 0 aliphatic carbocycles. The predicted molar refractivity (Wildman–Crippen MR) is 208 cm³/mol. The molecule has 9 heteroatoms. The van der Waals surface area contributed by atoms with Crippen LogP contribution in [0.3, 0.4) is 0 Å². The van der Waals surface area contributed by atoms with Crippen molar-refractivity contribution in [3.63, 3.8) is 0 Å². The Morgan fingerprint density at radius 2 is 0.786 bits per heavy atom. The third-order valence-electron chi connectivity index (χ3n) is 9.59. The molecular formula is C47H40O9. The van der Waals surface area contributed by atoms with Gasteiger partial charge in [0.15, 0.2) is 24.6 Å². The molecule has 0 radical (unpaired) electrons. The molecule has 6 aromatic carbocycles. The van der Waals surface area contributed by atoms with Crippen LogP contribution in [0.5, 0.6) is 0 Å². The van der Waals surface area contributed by atoms with Gasteiger partial charge >= 0.3 is 17.9 Å². The van der Waals surface area contributed by atoms with Crippen LogP contribution in [0, 0.1) is 0 Å². The molecule has 7 rings (SSSR count). The highest BCUT2D eigenvalue weighted by Gasteiger charge is 2.54. The summed E-state index contributed by atoms with van der Waals surface area (Å²) in [4.78, 5) is 41.4. The fraction of sp³-hybridized carbons (Fsp3) is 0.170. The summed E-state index contributed by atoms with van der Waals surface area (Å²) < 4.78 is 38.1. The maximum atomic E-state index is 13.9. The van der Waals surface area contributed by atoms with Crippen LogP contribution in [0.1, 0.15) is 47.8 Å². The molecule has 0 aromatic heterocycles. The second-order valence-corrected chi connectivity index (χ2v) is 13.1. The summed E-state index contributed by atoms with van der Waals surface area (Å²) in [5, 5.41) is 0. The SMILES string of the molecule is CO[C@H]1O[C@H](COC(c2ccccc2)(c2ccccc2)c2ccccc2)[C@@H](OC(=O)c2ccccc2)[C@H](OC(=O)c2ccccc2)[C@@H]1OC(=O)c1ccccc1. The lowest BCUT2D eigenvalue weighted by Gasteiger charge is -2.45. The summed E-state index contributed by atoms with van der Waals surface area (Å²) in [7, 11) is 1.39. The zero-order chi connectivity index (χ0) is 38.7. The van der Waals surface area contributed by atoms with Crippen LogP contribution in [0.25, 0.3) is 0 Å². The second-order valence-electron chi connectivity index (χ2n) is 13.1. The smallest absolute Gasteiger partial charge is 0.338 e. The van der Waals surface area contributed by atoms with Crippen molar-refractivity contribution in [1.82, 2.24) is 0 Å². The molecule has 1 saturated heterocycles. The van der Waals surface area contributed by atoms with Crippen molar-refractivity contribution in [1.29, 1.82) is 0 Å². The Balaban J connectivity index is 1.33. The van der Waals surface area contributed by atoms with Crippen molar-refractivity contribution < 1.29 is 42.8 Å². The summed E-state index contributed by atoms with van der Waals surface area (Å²) in [6.45, 7) is -0.204. The van der Waals surface area contributed by atoms with Gasteiger partial charge in [-0.15, -0.1) is 0 Å². The molecule has 0 bridgehead atoms. The van der Waals surface area contributed by atoms with E-state index in [2.05, 4.69) is 0 Å². The molecule has 56 heavy (non-hydrogen) atoms. The van der Waals surface area contributed by atoms with E-state index in [0.29, 0.717) is 0 Å². The van der Waals surface area contributed by atoms with Crippen LogP contribution in [-0.2, 0) is 34.0 Å². The van der Waals surface area contributed by atoms with E-state index >= 15 is 0 Å². The molecule has 9 nitrogen and oxygen atoms in total. The third-order valence-corrected chi connectivity index (χ3v) is 9.59. The van der Waals surface area contributed by atoms with Gasteiger partial charge in [-0.1, -0.05) is 146 Å². The van der Waals surface area contributed by atoms with E-state index in [1.54, 1.807) is 91.0 Å². The molecule has 1 aliphatic heterocycles. The number of hydrogen-bond donors (Lipinski definition) is 0. The highest BCUT2D eigenvalue weighted by molar-refractivity contribution is 5.91. The quantitative estimate of drug-likeness (QED) is 0.0659. The van der Waals surface area contributed by atoms with Gasteiger partial charge < -0.3 is 28.4 Å². The molecule has 1 fully saturated rings. The molecule has 0 amide bonds. The molecule has 5 atom stereocenters. The standard InChI is InChI=1S/C47H40O9/c1-51-46-42(56-45(50)35-24-12-4-13-25-35)41(55-44(49)34-22-10-3-11-23-34)40(54-43(48)33-20-8-2-9-21-33)39(53-46)32-52-47(36-26-14-5-15-27-36,37-28-16-6-17-29-37)38-30-18-7-19-31-38/h2-31,39-42,46H,32H2,1H3/t39-,40-,41+,42+,46+/m1/s1. The third kappa shape index (κ3) is 8.30. The minimum Gasteiger partial charge on any atom is -0.452 e. The molecule has 6 aromatic rings. The molecule has 0 spiro atoms. The fourth-order valence-electron chi connectivity index (χ4n) is 6.88. The minimum atomic E-state index is -1.42. The number of esters is 3. The van der Waals surface area contributed by atoms with E-state index in [1.807, 2.05) is 91.0 Å². The average Bonchev–Trinajstić information content (AvgIpc) is 3.27. The van der Waals surface area contributed by atoms with Crippen molar-refractivity contribution in [3.05, 3.63) is 215 Å². The summed E-state index contributed by atoms with van der Waals surface area (Å²) >= 11 is 0. The van der Waals surface area contributed by atoms with Crippen molar-refractivity contribution in [2.45, 2.75) is 36.3 Å². The molecule has 0 unspecified atom stereocenters. The number of rotatable bonds is 13. The lowest BCUT2D eigenvalue weighted by atomic mass is 9.80. The Kier molecular flexibility index (Phi) is 12.1. The van der Waals surface area contributed by atoms with E-state index < -0.39 is 54.2 Å². The first-order chi connectivity index (χ1) is 27.5. The Hall–Kier alpha value is -6.39. The van der Waals surface area contributed by atoms with Gasteiger partial charge in [-0.2, -0.15) is 0 Å². The lowest BCUT2D eigenvalue weighted by Crippen LogP contribution is -2.63. The summed E-state index contributed by atoms with van der Waals surface area (Å²) in [6.07, 6.45) is -6.57. The van der Waals surface area contributed by atoms with Gasteiger partial charge in [-0.05, 0) is 53.1 Å². The van der Waals surface area contributed by atoms with Gasteiger partial charge in [0.2, 0.25) is 0 Å². The number of methoxy groups -OCH3 is 1. The first-order valence-corrected chi connectivity index (χ1v) is 18.2. The van der Waals surface area contributed by atoms with E-state index in [4.69, 9.17) is 28.4 Å². The lowest BCUT2D eigenvalue weighted by molar-refractivity contribution is -0.296. The van der Waals surface area contributed by atoms with Crippen molar-refractivity contribution in [2.24, 2.45) is 0 Å². The molecule has 0 N–H and O–H groups in total. The average molecular weight is 749 g/mol. The summed E-state index contributed by atoms with van der Waals surface area (Å²) in [5.74, 6) is -2.17. The van der Waals surface area contributed by atoms with E-state index in [0.717, 1.165) is 16.7 Å². The zero-order valence-electron chi connectivity index (χ0n) is 30.6. The minimum absolute atomic E-state index is 0.204. The Labute approximate surface area is 325 Å². The monoisotopic (exact) mass is 748 g/mol. The van der Waals surface area contributed by atoms with Gasteiger partial charge in [-0.3, -0.25) is 0 Å². The van der Waals surface area contributed by atoms with Crippen LogP contribution in [0.15, 0.2) is 182 Å². The molecule has 1 aliphatic rings. The van der Waals surface area contributed by atoms with Gasteiger partial charge in [0, 0.05) is 7.11 Å². The van der Waals surface area contributed by atoms with E-state index in [1.165, 1.54) is 7.11 Å². The normalized spacial score (nSPS) is 19.3. The van der Waals surface area contributed by atoms with Gasteiger partial charge in [0.1, 0.15) is 11.7 Å². The van der Waals surface area contributed by atoms with Gasteiger partial charge in [-0.25, -0.2) is 14.4 Å². The first kappa shape index (κ1) is 37.9. The molecule has 0 saturated carbocycles. The number of benzene rings is 6. The number of carbonyl (C=O) groups excluding carboxylic acids is 3. The molecule has 1 heterocycles. The first-order valence-electron chi connectivity index (χ1n) is 18.2. The van der Waals surface area contributed by atoms with Crippen LogP contribution in [0.2, 0.25) is 0 Å². The Bertz CT molecular complexity index is 2070. The van der Waals surface area contributed by atoms with Crippen molar-refractivity contribution >= 4 is 17.9 Å². The number of carbonyl (C=O) groups is 3. The highest BCUT2D eigenvalue weighted by Crippen LogP contribution is 2.42. The van der Waals surface area contributed by atoms with Crippen LogP contribution < -0.4 is 0 Å². The molecular weight excluding hydrogens is 709 g/mol. The van der Waals surface area contributed by atoms with Crippen molar-refractivity contribution in [3.8, 4) is 0 Å². The summed E-state index contributed by atoms with van der Waals surface area (Å²) in [5.41, 5.74) is 2.04. The summed E-state index contributed by atoms with van der Waals surface area (Å²) in [6, 6.07) is 54.4. The topological polar surface area (TPSA) is 107 Å². The van der Waals surface area contributed by atoms with Crippen LogP contribution in [-0.4, -0.2) is 62.3 Å². The number of ether oxygens (including phenoxy) is 6. The van der Waals surface area contributed by atoms with Gasteiger partial charge in [0.25, 0.3) is 0 Å². The second kappa shape index (κ2) is 17.8. The fourth-order valence-corrected chi connectivity index (χ4v) is 6.88. The largest absolute Gasteiger partial charge is 0.452 e. The number of hydrogen-bond acceptors (Lipinski definition) is 9. The predicted octanol–water partition coefficient (Wildman–Crippen LogP) is 8.04. The van der Waals surface area contributed by atoms with Crippen LogP contribution >= 0.6 is 0 Å². The highest BCUT2D eigenvalue weighted by atomic mass is 16.7. The Morgan fingerprint density at radius 3 is 1.14 bits per heavy atom. The molecule has 282 valence electrons. The maximum absolute atomic E-state index is 13.9. The van der Waals surface area contributed by atoms with E-state index in [-0.39, 0.29) is 23.3 Å². The Morgan fingerprint density at radius 1 is 0.464 bits per heavy atom. The van der Waals surface area contributed by atoms with Crippen molar-refractivity contribution in [2.75, 3.05) is 13.7 Å². The van der Waals surface area contributed by atoms with Gasteiger partial charge in [0.05, 0.1) is 23.3 Å².